The number of hydrogen-bond donors (Lipinski definition) is 2. The van der Waals surface area contributed by atoms with Gasteiger partial charge in [0.1, 0.15) is 11.4 Å². The Morgan fingerprint density at radius 1 is 1.21 bits per heavy atom. The van der Waals surface area contributed by atoms with E-state index in [1.54, 1.807) is 0 Å². The van der Waals surface area contributed by atoms with Crippen molar-refractivity contribution in [2.45, 2.75) is 38.8 Å². The molecule has 0 unspecified atom stereocenters. The summed E-state index contributed by atoms with van der Waals surface area (Å²) in [6, 6.07) is 14.4. The quantitative estimate of drug-likeness (QED) is 0.661. The van der Waals surface area contributed by atoms with Crippen LogP contribution in [0.2, 0.25) is 0 Å². The summed E-state index contributed by atoms with van der Waals surface area (Å²) in [6.45, 7) is 6.30. The minimum Gasteiger partial charge on any atom is -0.487 e. The van der Waals surface area contributed by atoms with Crippen LogP contribution in [-0.2, 0) is 0 Å². The fraction of sp³-hybridized carbons (Fsp3) is 0.316. The second kappa shape index (κ2) is 6.73. The molecule has 3 nitrogen and oxygen atoms in total. The Balaban J connectivity index is 1.76. The first-order valence-electron chi connectivity index (χ1n) is 7.95. The second-order valence-corrected chi connectivity index (χ2v) is 8.09. The molecular formula is C19H21BrN2OS. The molecule has 2 N–H and O–H groups in total. The van der Waals surface area contributed by atoms with Crippen LogP contribution < -0.4 is 15.4 Å². The summed E-state index contributed by atoms with van der Waals surface area (Å²) < 4.78 is 7.18. The molecule has 2 aromatic carbocycles. The van der Waals surface area contributed by atoms with Crippen molar-refractivity contribution in [2.75, 3.05) is 5.32 Å². The van der Waals surface area contributed by atoms with Crippen LogP contribution in [-0.4, -0.2) is 10.7 Å². The molecule has 126 valence electrons. The highest BCUT2D eigenvalue weighted by molar-refractivity contribution is 9.10. The SMILES string of the molecule is Cc1ccc2c(c1)OC(C)(C)C[C@H]2NC(=S)Nc1ccc(Br)cc1. The smallest absolute Gasteiger partial charge is 0.171 e. The molecule has 0 amide bonds. The maximum Gasteiger partial charge on any atom is 0.171 e. The third-order valence-corrected chi connectivity index (χ3v) is 4.78. The fourth-order valence-electron chi connectivity index (χ4n) is 2.95. The van der Waals surface area contributed by atoms with Crippen molar-refractivity contribution in [2.24, 2.45) is 0 Å². The molecule has 0 bridgehead atoms. The van der Waals surface area contributed by atoms with E-state index in [-0.39, 0.29) is 11.6 Å². The van der Waals surface area contributed by atoms with Gasteiger partial charge in [0, 0.05) is 22.1 Å². The number of rotatable bonds is 2. The minimum absolute atomic E-state index is 0.125. The molecule has 1 heterocycles. The van der Waals surface area contributed by atoms with Crippen LogP contribution in [0.1, 0.15) is 37.4 Å². The lowest BCUT2D eigenvalue weighted by Gasteiger charge is -2.38. The van der Waals surface area contributed by atoms with Gasteiger partial charge < -0.3 is 15.4 Å². The summed E-state index contributed by atoms with van der Waals surface area (Å²) in [6.07, 6.45) is 0.852. The van der Waals surface area contributed by atoms with Gasteiger partial charge in [-0.05, 0) is 68.9 Å². The zero-order chi connectivity index (χ0) is 17.3. The van der Waals surface area contributed by atoms with E-state index in [1.807, 2.05) is 24.3 Å². The molecule has 0 radical (unpaired) electrons. The zero-order valence-corrected chi connectivity index (χ0v) is 16.4. The van der Waals surface area contributed by atoms with Crippen molar-refractivity contribution in [3.05, 3.63) is 58.1 Å². The molecule has 1 atom stereocenters. The number of fused-ring (bicyclic) bond motifs is 1. The predicted molar refractivity (Wildman–Crippen MR) is 107 cm³/mol. The van der Waals surface area contributed by atoms with Crippen LogP contribution in [0.25, 0.3) is 0 Å². The van der Waals surface area contributed by atoms with Gasteiger partial charge in [-0.2, -0.15) is 0 Å². The van der Waals surface area contributed by atoms with E-state index in [2.05, 4.69) is 65.5 Å². The molecule has 5 heteroatoms. The van der Waals surface area contributed by atoms with E-state index in [1.165, 1.54) is 5.56 Å². The molecule has 1 aliphatic rings. The number of hydrogen-bond acceptors (Lipinski definition) is 2. The average Bonchev–Trinajstić information content (AvgIpc) is 2.48. The minimum atomic E-state index is -0.230. The molecule has 0 saturated carbocycles. The second-order valence-electron chi connectivity index (χ2n) is 6.77. The van der Waals surface area contributed by atoms with Crippen molar-refractivity contribution in [3.63, 3.8) is 0 Å². The predicted octanol–water partition coefficient (Wildman–Crippen LogP) is 5.35. The Hall–Kier alpha value is -1.59. The summed E-state index contributed by atoms with van der Waals surface area (Å²) in [5, 5.41) is 7.30. The maximum absolute atomic E-state index is 6.13. The van der Waals surface area contributed by atoms with E-state index in [0.717, 1.165) is 27.9 Å². The lowest BCUT2D eigenvalue weighted by atomic mass is 9.89. The Morgan fingerprint density at radius 3 is 2.62 bits per heavy atom. The Morgan fingerprint density at radius 2 is 1.92 bits per heavy atom. The number of benzene rings is 2. The lowest BCUT2D eigenvalue weighted by Crippen LogP contribution is -2.42. The van der Waals surface area contributed by atoms with Gasteiger partial charge in [0.15, 0.2) is 5.11 Å². The number of ether oxygens (including phenoxy) is 1. The van der Waals surface area contributed by atoms with Gasteiger partial charge in [0.05, 0.1) is 6.04 Å². The average molecular weight is 405 g/mol. The third-order valence-electron chi connectivity index (χ3n) is 4.03. The van der Waals surface area contributed by atoms with Gasteiger partial charge in [-0.15, -0.1) is 0 Å². The standard InChI is InChI=1S/C19H21BrN2OS/c1-12-4-9-15-16(11-19(2,3)23-17(15)10-12)22-18(24)21-14-7-5-13(20)6-8-14/h4-10,16H,11H2,1-3H3,(H2,21,22,24)/t16-/m1/s1. The first kappa shape index (κ1) is 17.2. The van der Waals surface area contributed by atoms with E-state index < -0.39 is 0 Å². The molecule has 0 aliphatic carbocycles. The van der Waals surface area contributed by atoms with Gasteiger partial charge >= 0.3 is 0 Å². The number of aryl methyl sites for hydroxylation is 1. The molecule has 24 heavy (non-hydrogen) atoms. The van der Waals surface area contributed by atoms with Crippen LogP contribution >= 0.6 is 28.1 Å². The monoisotopic (exact) mass is 404 g/mol. The summed E-state index contributed by atoms with van der Waals surface area (Å²) >= 11 is 8.94. The van der Waals surface area contributed by atoms with E-state index >= 15 is 0 Å². The van der Waals surface area contributed by atoms with E-state index in [9.17, 15) is 0 Å². The van der Waals surface area contributed by atoms with Crippen molar-refractivity contribution in [3.8, 4) is 5.75 Å². The van der Waals surface area contributed by atoms with Crippen LogP contribution in [0, 0.1) is 6.92 Å². The van der Waals surface area contributed by atoms with Gasteiger partial charge in [-0.3, -0.25) is 0 Å². The molecule has 2 aromatic rings. The van der Waals surface area contributed by atoms with E-state index in [4.69, 9.17) is 17.0 Å². The number of thiocarbonyl (C=S) groups is 1. The molecule has 0 aromatic heterocycles. The number of halogens is 1. The normalized spacial score (nSPS) is 18.2. The van der Waals surface area contributed by atoms with Crippen LogP contribution in [0.4, 0.5) is 5.69 Å². The van der Waals surface area contributed by atoms with E-state index in [0.29, 0.717) is 5.11 Å². The first-order valence-corrected chi connectivity index (χ1v) is 9.15. The van der Waals surface area contributed by atoms with Crippen molar-refractivity contribution in [1.29, 1.82) is 0 Å². The molecule has 1 aliphatic heterocycles. The Kier molecular flexibility index (Phi) is 4.83. The molecule has 3 rings (SSSR count). The maximum atomic E-state index is 6.13. The highest BCUT2D eigenvalue weighted by Crippen LogP contribution is 2.39. The van der Waals surface area contributed by atoms with Crippen molar-refractivity contribution < 1.29 is 4.74 Å². The van der Waals surface area contributed by atoms with Crippen molar-refractivity contribution >= 4 is 38.9 Å². The fourth-order valence-corrected chi connectivity index (χ4v) is 3.47. The molecular weight excluding hydrogens is 384 g/mol. The summed E-state index contributed by atoms with van der Waals surface area (Å²) in [5.41, 5.74) is 3.08. The number of anilines is 1. The van der Waals surface area contributed by atoms with Crippen LogP contribution in [0.3, 0.4) is 0 Å². The molecule has 0 saturated heterocycles. The first-order chi connectivity index (χ1) is 11.3. The molecule has 0 fully saturated rings. The third kappa shape index (κ3) is 4.08. The summed E-state index contributed by atoms with van der Waals surface area (Å²) in [7, 11) is 0. The number of nitrogens with one attached hydrogen (secondary N) is 2. The highest BCUT2D eigenvalue weighted by Gasteiger charge is 2.34. The molecule has 0 spiro atoms. The Bertz CT molecular complexity index is 758. The van der Waals surface area contributed by atoms with Gasteiger partial charge in [0.25, 0.3) is 0 Å². The lowest BCUT2D eigenvalue weighted by molar-refractivity contribution is 0.0696. The highest BCUT2D eigenvalue weighted by atomic mass is 79.9. The van der Waals surface area contributed by atoms with Crippen LogP contribution in [0.5, 0.6) is 5.75 Å². The Labute approximate surface area is 156 Å². The zero-order valence-electron chi connectivity index (χ0n) is 14.0. The van der Waals surface area contributed by atoms with Crippen LogP contribution in [0.15, 0.2) is 46.9 Å². The van der Waals surface area contributed by atoms with Gasteiger partial charge in [0.2, 0.25) is 0 Å². The van der Waals surface area contributed by atoms with Gasteiger partial charge in [-0.25, -0.2) is 0 Å². The summed E-state index contributed by atoms with van der Waals surface area (Å²) in [4.78, 5) is 0. The largest absolute Gasteiger partial charge is 0.487 e. The summed E-state index contributed by atoms with van der Waals surface area (Å²) in [5.74, 6) is 0.940. The van der Waals surface area contributed by atoms with Crippen molar-refractivity contribution in [1.82, 2.24) is 5.32 Å². The topological polar surface area (TPSA) is 33.3 Å². The van der Waals surface area contributed by atoms with Gasteiger partial charge in [-0.1, -0.05) is 28.1 Å².